The van der Waals surface area contributed by atoms with Gasteiger partial charge in [-0.05, 0) is 29.3 Å². The quantitative estimate of drug-likeness (QED) is 0.905. The molecule has 1 amide bonds. The first kappa shape index (κ1) is 12.8. The van der Waals surface area contributed by atoms with Crippen molar-refractivity contribution in [2.24, 2.45) is 0 Å². The number of hydrogen-bond acceptors (Lipinski definition) is 4. The van der Waals surface area contributed by atoms with E-state index in [1.807, 2.05) is 17.5 Å². The van der Waals surface area contributed by atoms with Gasteiger partial charge in [0.1, 0.15) is 4.88 Å². The normalized spacial score (nSPS) is 10.3. The second-order valence-corrected chi connectivity index (χ2v) is 5.64. The number of aryl methyl sites for hydroxylation is 1. The molecule has 0 aliphatic heterocycles. The Hall–Kier alpha value is -1.66. The molecule has 2 aromatic rings. The molecule has 0 bridgehead atoms. The van der Waals surface area contributed by atoms with Gasteiger partial charge in [-0.25, -0.2) is 4.79 Å². The lowest BCUT2D eigenvalue weighted by Crippen LogP contribution is -2.15. The van der Waals surface area contributed by atoms with Gasteiger partial charge < -0.3 is 10.4 Å². The fourth-order valence-corrected chi connectivity index (χ4v) is 3.06. The zero-order chi connectivity index (χ0) is 13.1. The van der Waals surface area contributed by atoms with Gasteiger partial charge in [0.05, 0.1) is 12.1 Å². The second kappa shape index (κ2) is 5.32. The van der Waals surface area contributed by atoms with Gasteiger partial charge in [-0.15, -0.1) is 22.7 Å². The lowest BCUT2D eigenvalue weighted by Gasteiger charge is -2.05. The van der Waals surface area contributed by atoms with Crippen LogP contribution in [0.1, 0.15) is 20.1 Å². The van der Waals surface area contributed by atoms with Gasteiger partial charge in [0.2, 0.25) is 5.91 Å². The van der Waals surface area contributed by atoms with Crippen LogP contribution in [0.5, 0.6) is 0 Å². The van der Waals surface area contributed by atoms with Crippen molar-refractivity contribution in [1.82, 2.24) is 0 Å². The Bertz CT molecular complexity index is 572. The standard InChI is InChI=1S/C12H11NO3S2/c1-7-6-18-11(12(15)16)10(7)13-9(14)5-8-3-2-4-17-8/h2-4,6H,5H2,1H3,(H,13,14)(H,15,16). The summed E-state index contributed by atoms with van der Waals surface area (Å²) in [5.41, 5.74) is 1.19. The number of carboxylic acids is 1. The van der Waals surface area contributed by atoms with E-state index in [0.29, 0.717) is 5.69 Å². The molecule has 6 heteroatoms. The predicted molar refractivity (Wildman–Crippen MR) is 72.7 cm³/mol. The van der Waals surface area contributed by atoms with Crippen LogP contribution in [0.25, 0.3) is 0 Å². The van der Waals surface area contributed by atoms with E-state index in [2.05, 4.69) is 5.32 Å². The summed E-state index contributed by atoms with van der Waals surface area (Å²) in [7, 11) is 0. The van der Waals surface area contributed by atoms with Crippen molar-refractivity contribution in [2.45, 2.75) is 13.3 Å². The summed E-state index contributed by atoms with van der Waals surface area (Å²) in [6.45, 7) is 1.78. The van der Waals surface area contributed by atoms with Gasteiger partial charge >= 0.3 is 5.97 Å². The van der Waals surface area contributed by atoms with Crippen LogP contribution in [0.15, 0.2) is 22.9 Å². The Kier molecular flexibility index (Phi) is 3.78. The van der Waals surface area contributed by atoms with E-state index in [-0.39, 0.29) is 17.2 Å². The van der Waals surface area contributed by atoms with Crippen molar-refractivity contribution in [3.8, 4) is 0 Å². The summed E-state index contributed by atoms with van der Waals surface area (Å²) in [6.07, 6.45) is 0.270. The molecule has 0 atom stereocenters. The van der Waals surface area contributed by atoms with E-state index in [9.17, 15) is 9.59 Å². The van der Waals surface area contributed by atoms with Crippen LogP contribution in [-0.4, -0.2) is 17.0 Å². The number of hydrogen-bond donors (Lipinski definition) is 2. The highest BCUT2D eigenvalue weighted by molar-refractivity contribution is 7.12. The maximum Gasteiger partial charge on any atom is 0.348 e. The van der Waals surface area contributed by atoms with E-state index in [4.69, 9.17) is 5.11 Å². The molecule has 0 saturated heterocycles. The van der Waals surface area contributed by atoms with Crippen molar-refractivity contribution in [3.63, 3.8) is 0 Å². The van der Waals surface area contributed by atoms with E-state index in [0.717, 1.165) is 21.8 Å². The summed E-state index contributed by atoms with van der Waals surface area (Å²) in [5, 5.41) is 15.3. The Morgan fingerprint density at radius 1 is 1.39 bits per heavy atom. The predicted octanol–water partition coefficient (Wildman–Crippen LogP) is 3.00. The Labute approximate surface area is 112 Å². The lowest BCUT2D eigenvalue weighted by molar-refractivity contribution is -0.115. The first-order chi connectivity index (χ1) is 8.58. The van der Waals surface area contributed by atoms with Crippen LogP contribution in [0.3, 0.4) is 0 Å². The molecule has 0 aliphatic carbocycles. The molecule has 0 fully saturated rings. The molecular formula is C12H11NO3S2. The van der Waals surface area contributed by atoms with Crippen LogP contribution in [0.4, 0.5) is 5.69 Å². The molecule has 94 valence electrons. The first-order valence-electron chi connectivity index (χ1n) is 5.21. The van der Waals surface area contributed by atoms with Gasteiger partial charge in [-0.3, -0.25) is 4.79 Å². The molecule has 0 spiro atoms. The Morgan fingerprint density at radius 2 is 2.17 bits per heavy atom. The van der Waals surface area contributed by atoms with Crippen molar-refractivity contribution in [1.29, 1.82) is 0 Å². The van der Waals surface area contributed by atoms with Crippen molar-refractivity contribution >= 4 is 40.2 Å². The number of aromatic carboxylic acids is 1. The van der Waals surface area contributed by atoms with E-state index in [1.165, 1.54) is 11.3 Å². The van der Waals surface area contributed by atoms with E-state index in [1.54, 1.807) is 12.3 Å². The minimum atomic E-state index is -1.01. The number of rotatable bonds is 4. The number of thiophene rings is 2. The fraction of sp³-hybridized carbons (Fsp3) is 0.167. The molecule has 4 nitrogen and oxygen atoms in total. The molecule has 2 heterocycles. The van der Waals surface area contributed by atoms with Crippen LogP contribution < -0.4 is 5.32 Å². The highest BCUT2D eigenvalue weighted by Gasteiger charge is 2.17. The third-order valence-electron chi connectivity index (χ3n) is 2.35. The molecular weight excluding hydrogens is 270 g/mol. The molecule has 0 aromatic carbocycles. The highest BCUT2D eigenvalue weighted by atomic mass is 32.1. The Morgan fingerprint density at radius 3 is 2.78 bits per heavy atom. The summed E-state index contributed by atoms with van der Waals surface area (Å²) in [4.78, 5) is 23.9. The average molecular weight is 281 g/mol. The number of amides is 1. The van der Waals surface area contributed by atoms with Crippen molar-refractivity contribution in [3.05, 3.63) is 38.2 Å². The monoisotopic (exact) mass is 281 g/mol. The summed E-state index contributed by atoms with van der Waals surface area (Å²) < 4.78 is 0. The second-order valence-electron chi connectivity index (χ2n) is 3.73. The van der Waals surface area contributed by atoms with Crippen LogP contribution in [0, 0.1) is 6.92 Å². The molecule has 0 radical (unpaired) electrons. The summed E-state index contributed by atoms with van der Waals surface area (Å²) in [5.74, 6) is -1.21. The zero-order valence-electron chi connectivity index (χ0n) is 9.60. The lowest BCUT2D eigenvalue weighted by atomic mass is 10.2. The summed E-state index contributed by atoms with van der Waals surface area (Å²) >= 11 is 2.63. The number of anilines is 1. The minimum Gasteiger partial charge on any atom is -0.477 e. The van der Waals surface area contributed by atoms with Crippen LogP contribution in [-0.2, 0) is 11.2 Å². The van der Waals surface area contributed by atoms with Gasteiger partial charge in [-0.2, -0.15) is 0 Å². The minimum absolute atomic E-state index is 0.173. The first-order valence-corrected chi connectivity index (χ1v) is 6.97. The summed E-state index contributed by atoms with van der Waals surface area (Å²) in [6, 6.07) is 3.76. The molecule has 18 heavy (non-hydrogen) atoms. The molecule has 2 aromatic heterocycles. The maximum absolute atomic E-state index is 11.8. The fourth-order valence-electron chi connectivity index (χ4n) is 1.51. The number of nitrogens with one attached hydrogen (secondary N) is 1. The molecule has 2 rings (SSSR count). The van der Waals surface area contributed by atoms with Crippen LogP contribution in [0.2, 0.25) is 0 Å². The third kappa shape index (κ3) is 2.77. The molecule has 0 aliphatic rings. The SMILES string of the molecule is Cc1csc(C(=O)O)c1NC(=O)Cc1cccs1. The van der Waals surface area contributed by atoms with Crippen molar-refractivity contribution < 1.29 is 14.7 Å². The maximum atomic E-state index is 11.8. The van der Waals surface area contributed by atoms with E-state index < -0.39 is 5.97 Å². The van der Waals surface area contributed by atoms with Gasteiger partial charge in [0.25, 0.3) is 0 Å². The smallest absolute Gasteiger partial charge is 0.348 e. The van der Waals surface area contributed by atoms with Gasteiger partial charge in [0.15, 0.2) is 0 Å². The molecule has 0 saturated carbocycles. The number of carbonyl (C=O) groups excluding carboxylic acids is 1. The molecule has 0 unspecified atom stereocenters. The van der Waals surface area contributed by atoms with E-state index >= 15 is 0 Å². The largest absolute Gasteiger partial charge is 0.477 e. The topological polar surface area (TPSA) is 66.4 Å². The van der Waals surface area contributed by atoms with Gasteiger partial charge in [0, 0.05) is 4.88 Å². The molecule has 2 N–H and O–H groups in total. The highest BCUT2D eigenvalue weighted by Crippen LogP contribution is 2.27. The third-order valence-corrected chi connectivity index (χ3v) is 4.31. The number of carbonyl (C=O) groups is 2. The zero-order valence-corrected chi connectivity index (χ0v) is 11.2. The van der Waals surface area contributed by atoms with Crippen LogP contribution >= 0.6 is 22.7 Å². The Balaban J connectivity index is 2.11. The van der Waals surface area contributed by atoms with Crippen molar-refractivity contribution in [2.75, 3.05) is 5.32 Å². The average Bonchev–Trinajstić information content (AvgIpc) is 2.90. The number of carboxylic acid groups (broad SMARTS) is 1. The van der Waals surface area contributed by atoms with Gasteiger partial charge in [-0.1, -0.05) is 6.07 Å².